The van der Waals surface area contributed by atoms with Crippen LogP contribution in [-0.4, -0.2) is 35.8 Å². The van der Waals surface area contributed by atoms with E-state index in [4.69, 9.17) is 4.42 Å². The fourth-order valence-electron chi connectivity index (χ4n) is 3.81. The van der Waals surface area contributed by atoms with Crippen LogP contribution < -0.4 is 5.32 Å². The molecule has 1 saturated heterocycles. The average Bonchev–Trinajstić information content (AvgIpc) is 3.08. The lowest BCUT2D eigenvalue weighted by molar-refractivity contribution is -0.135. The lowest BCUT2D eigenvalue weighted by Crippen LogP contribution is -2.52. The molecule has 2 heterocycles. The molecule has 0 bridgehead atoms. The van der Waals surface area contributed by atoms with Gasteiger partial charge in [0, 0.05) is 13.1 Å². The Morgan fingerprint density at radius 3 is 2.77 bits per heavy atom. The number of fused-ring (bicyclic) bond motifs is 1. The van der Waals surface area contributed by atoms with Crippen LogP contribution in [0.15, 0.2) is 22.8 Å². The minimum absolute atomic E-state index is 0.0175. The van der Waals surface area contributed by atoms with Crippen LogP contribution in [-0.2, 0) is 4.79 Å². The Labute approximate surface area is 131 Å². The van der Waals surface area contributed by atoms with Gasteiger partial charge < -0.3 is 14.6 Å². The molecule has 1 aliphatic carbocycles. The molecule has 3 atom stereocenters. The highest BCUT2D eigenvalue weighted by molar-refractivity contribution is 5.95. The van der Waals surface area contributed by atoms with E-state index in [1.165, 1.54) is 31.9 Å². The summed E-state index contributed by atoms with van der Waals surface area (Å²) >= 11 is 0. The first-order valence-electron chi connectivity index (χ1n) is 8.28. The summed E-state index contributed by atoms with van der Waals surface area (Å²) in [7, 11) is 0. The van der Waals surface area contributed by atoms with Crippen LogP contribution in [0.25, 0.3) is 0 Å². The summed E-state index contributed by atoms with van der Waals surface area (Å²) in [6, 6.07) is 2.74. The van der Waals surface area contributed by atoms with Crippen LogP contribution in [0.4, 0.5) is 0 Å². The molecule has 1 N–H and O–H groups in total. The third-order valence-electron chi connectivity index (χ3n) is 5.07. The maximum absolute atomic E-state index is 12.6. The second-order valence-electron chi connectivity index (χ2n) is 6.55. The molecule has 5 nitrogen and oxygen atoms in total. The van der Waals surface area contributed by atoms with Gasteiger partial charge in [0.05, 0.1) is 6.26 Å². The maximum atomic E-state index is 12.6. The average molecular weight is 304 g/mol. The quantitative estimate of drug-likeness (QED) is 0.933. The largest absolute Gasteiger partial charge is 0.459 e. The minimum Gasteiger partial charge on any atom is -0.459 e. The van der Waals surface area contributed by atoms with Crippen LogP contribution in [0, 0.1) is 11.8 Å². The summed E-state index contributed by atoms with van der Waals surface area (Å²) in [6.45, 7) is 3.42. The predicted octanol–water partition coefficient (Wildman–Crippen LogP) is 2.44. The van der Waals surface area contributed by atoms with Crippen molar-refractivity contribution in [3.63, 3.8) is 0 Å². The van der Waals surface area contributed by atoms with Crippen molar-refractivity contribution in [2.75, 3.05) is 13.1 Å². The van der Waals surface area contributed by atoms with Crippen molar-refractivity contribution in [3.05, 3.63) is 24.2 Å². The van der Waals surface area contributed by atoms with Crippen LogP contribution >= 0.6 is 0 Å². The van der Waals surface area contributed by atoms with Gasteiger partial charge in [0.2, 0.25) is 5.91 Å². The van der Waals surface area contributed by atoms with Gasteiger partial charge in [-0.15, -0.1) is 0 Å². The van der Waals surface area contributed by atoms with Gasteiger partial charge in [0.25, 0.3) is 5.91 Å². The molecule has 2 aliphatic rings. The van der Waals surface area contributed by atoms with Crippen LogP contribution in [0.2, 0.25) is 0 Å². The van der Waals surface area contributed by atoms with Crippen molar-refractivity contribution in [1.82, 2.24) is 10.2 Å². The topological polar surface area (TPSA) is 62.6 Å². The highest BCUT2D eigenvalue weighted by Gasteiger charge is 2.34. The number of rotatable bonds is 3. The Bertz CT molecular complexity index is 526. The fraction of sp³-hybridized carbons (Fsp3) is 0.647. The molecular formula is C17H24N2O3. The van der Waals surface area contributed by atoms with Crippen molar-refractivity contribution in [2.45, 2.75) is 45.1 Å². The van der Waals surface area contributed by atoms with Crippen LogP contribution in [0.5, 0.6) is 0 Å². The molecule has 2 amide bonds. The summed E-state index contributed by atoms with van der Waals surface area (Å²) < 4.78 is 5.06. The van der Waals surface area contributed by atoms with E-state index < -0.39 is 6.04 Å². The number of nitrogens with one attached hydrogen (secondary N) is 1. The molecule has 1 aromatic rings. The molecule has 1 saturated carbocycles. The molecule has 1 aromatic heterocycles. The number of furan rings is 1. The SMILES string of the molecule is C[C@H](NC(=O)c1ccco1)C(=O)N1CC[C@H]2CCCC[C@H]2C1. The highest BCUT2D eigenvalue weighted by atomic mass is 16.3. The molecule has 0 spiro atoms. The van der Waals surface area contributed by atoms with Gasteiger partial charge in [0.1, 0.15) is 6.04 Å². The van der Waals surface area contributed by atoms with Gasteiger partial charge >= 0.3 is 0 Å². The van der Waals surface area contributed by atoms with E-state index in [0.29, 0.717) is 5.92 Å². The predicted molar refractivity (Wildman–Crippen MR) is 82.3 cm³/mol. The van der Waals surface area contributed by atoms with Crippen molar-refractivity contribution in [2.24, 2.45) is 11.8 Å². The first kappa shape index (κ1) is 15.1. The molecule has 5 heteroatoms. The molecule has 0 aromatic carbocycles. The third-order valence-corrected chi connectivity index (χ3v) is 5.07. The smallest absolute Gasteiger partial charge is 0.287 e. The molecule has 3 rings (SSSR count). The standard InChI is InChI=1S/C17H24N2O3/c1-12(18-16(20)15-7-4-10-22-15)17(21)19-9-8-13-5-2-3-6-14(13)11-19/h4,7,10,12-14H,2-3,5-6,8-9,11H2,1H3,(H,18,20)/t12-,13+,14-/m0/s1. The van der Waals surface area contributed by atoms with Crippen molar-refractivity contribution >= 4 is 11.8 Å². The molecule has 2 fully saturated rings. The van der Waals surface area contributed by atoms with Gasteiger partial charge in [0.15, 0.2) is 5.76 Å². The summed E-state index contributed by atoms with van der Waals surface area (Å²) in [5.41, 5.74) is 0. The molecule has 22 heavy (non-hydrogen) atoms. The van der Waals surface area contributed by atoms with E-state index in [1.54, 1.807) is 19.1 Å². The summed E-state index contributed by atoms with van der Waals surface area (Å²) in [5, 5.41) is 2.73. The van der Waals surface area contributed by atoms with E-state index in [-0.39, 0.29) is 17.6 Å². The molecular weight excluding hydrogens is 280 g/mol. The lowest BCUT2D eigenvalue weighted by atomic mass is 9.75. The highest BCUT2D eigenvalue weighted by Crippen LogP contribution is 2.36. The minimum atomic E-state index is -0.516. The van der Waals surface area contributed by atoms with Gasteiger partial charge in [-0.2, -0.15) is 0 Å². The number of hydrogen-bond donors (Lipinski definition) is 1. The summed E-state index contributed by atoms with van der Waals surface area (Å²) in [6.07, 6.45) is 7.74. The molecule has 120 valence electrons. The Morgan fingerprint density at radius 1 is 1.27 bits per heavy atom. The van der Waals surface area contributed by atoms with Gasteiger partial charge in [-0.25, -0.2) is 0 Å². The number of amides is 2. The third kappa shape index (κ3) is 3.18. The first-order chi connectivity index (χ1) is 10.6. The molecule has 0 radical (unpaired) electrons. The first-order valence-corrected chi connectivity index (χ1v) is 8.28. The Kier molecular flexibility index (Phi) is 4.50. The zero-order valence-electron chi connectivity index (χ0n) is 13.1. The lowest BCUT2D eigenvalue weighted by Gasteiger charge is -2.42. The Balaban J connectivity index is 1.55. The Morgan fingerprint density at radius 2 is 2.05 bits per heavy atom. The van der Waals surface area contributed by atoms with Gasteiger partial charge in [-0.05, 0) is 43.7 Å². The van der Waals surface area contributed by atoms with Crippen LogP contribution in [0.3, 0.4) is 0 Å². The fourth-order valence-corrected chi connectivity index (χ4v) is 3.81. The second kappa shape index (κ2) is 6.55. The number of likely N-dealkylation sites (tertiary alicyclic amines) is 1. The number of carbonyl (C=O) groups excluding carboxylic acids is 2. The number of piperidine rings is 1. The molecule has 1 aliphatic heterocycles. The van der Waals surface area contributed by atoms with E-state index >= 15 is 0 Å². The van der Waals surface area contributed by atoms with Crippen LogP contribution in [0.1, 0.15) is 49.6 Å². The zero-order chi connectivity index (χ0) is 15.5. The number of carbonyl (C=O) groups is 2. The van der Waals surface area contributed by atoms with Gasteiger partial charge in [-0.1, -0.05) is 19.3 Å². The van der Waals surface area contributed by atoms with Crippen molar-refractivity contribution < 1.29 is 14.0 Å². The maximum Gasteiger partial charge on any atom is 0.287 e. The van der Waals surface area contributed by atoms with Crippen molar-refractivity contribution in [3.8, 4) is 0 Å². The summed E-state index contributed by atoms with van der Waals surface area (Å²) in [5.74, 6) is 1.37. The second-order valence-corrected chi connectivity index (χ2v) is 6.55. The summed E-state index contributed by atoms with van der Waals surface area (Å²) in [4.78, 5) is 26.4. The van der Waals surface area contributed by atoms with E-state index in [2.05, 4.69) is 5.32 Å². The van der Waals surface area contributed by atoms with Crippen molar-refractivity contribution in [1.29, 1.82) is 0 Å². The monoisotopic (exact) mass is 304 g/mol. The Hall–Kier alpha value is -1.78. The van der Waals surface area contributed by atoms with E-state index in [0.717, 1.165) is 25.4 Å². The molecule has 0 unspecified atom stereocenters. The number of hydrogen-bond acceptors (Lipinski definition) is 3. The normalized spacial score (nSPS) is 26.1. The number of nitrogens with zero attached hydrogens (tertiary/aromatic N) is 1. The van der Waals surface area contributed by atoms with E-state index in [1.807, 2.05) is 4.90 Å². The zero-order valence-corrected chi connectivity index (χ0v) is 13.1. The van der Waals surface area contributed by atoms with E-state index in [9.17, 15) is 9.59 Å². The van der Waals surface area contributed by atoms with Gasteiger partial charge in [-0.3, -0.25) is 9.59 Å².